The first-order valence-electron chi connectivity index (χ1n) is 10.4. The van der Waals surface area contributed by atoms with Crippen LogP contribution < -0.4 is 5.32 Å². The van der Waals surface area contributed by atoms with E-state index < -0.39 is 11.5 Å². The second kappa shape index (κ2) is 9.82. The lowest BCUT2D eigenvalue weighted by atomic mass is 9.86. The molecule has 0 saturated carbocycles. The lowest BCUT2D eigenvalue weighted by molar-refractivity contribution is -0.137. The molecule has 0 aromatic carbocycles. The number of carbonyl (C=O) groups excluding carboxylic acids is 2. The van der Waals surface area contributed by atoms with Gasteiger partial charge in [0.05, 0.1) is 0 Å². The van der Waals surface area contributed by atoms with Crippen LogP contribution in [0.1, 0.15) is 50.5 Å². The third-order valence-electron chi connectivity index (χ3n) is 5.94. The average Bonchev–Trinajstić information content (AvgIpc) is 2.92. The molecule has 0 radical (unpaired) electrons. The van der Waals surface area contributed by atoms with E-state index in [4.69, 9.17) is 5.11 Å². The van der Waals surface area contributed by atoms with Gasteiger partial charge < -0.3 is 15.3 Å². The highest BCUT2D eigenvalue weighted by Crippen LogP contribution is 2.30. The molecule has 158 valence electrons. The predicted molar refractivity (Wildman–Crippen MR) is 107 cm³/mol. The molecule has 2 amide bonds. The van der Waals surface area contributed by atoms with Crippen molar-refractivity contribution in [1.29, 1.82) is 0 Å². The van der Waals surface area contributed by atoms with Crippen molar-refractivity contribution in [1.82, 2.24) is 20.1 Å². The zero-order valence-corrected chi connectivity index (χ0v) is 16.8. The fourth-order valence-corrected chi connectivity index (χ4v) is 4.25. The Morgan fingerprint density at radius 1 is 1.17 bits per heavy atom. The maximum Gasteiger partial charge on any atom is 0.303 e. The van der Waals surface area contributed by atoms with Crippen LogP contribution in [0, 0.1) is 0 Å². The summed E-state index contributed by atoms with van der Waals surface area (Å²) in [7, 11) is 0. The second-order valence-electron chi connectivity index (χ2n) is 8.09. The SMILES string of the molecule is O=C(O)CC[C@]1(CCC(=O)N2CCCN(Cc3cccnc3)CC2)CCC(=O)N1. The molecular formula is C21H30N4O4. The van der Waals surface area contributed by atoms with E-state index in [0.29, 0.717) is 38.6 Å². The molecular weight excluding hydrogens is 372 g/mol. The molecule has 3 heterocycles. The molecule has 2 aliphatic heterocycles. The first-order chi connectivity index (χ1) is 14.0. The van der Waals surface area contributed by atoms with Crippen LogP contribution in [0.4, 0.5) is 0 Å². The Balaban J connectivity index is 1.49. The van der Waals surface area contributed by atoms with Crippen LogP contribution in [0.3, 0.4) is 0 Å². The molecule has 2 N–H and O–H groups in total. The summed E-state index contributed by atoms with van der Waals surface area (Å²) in [6.45, 7) is 4.02. The lowest BCUT2D eigenvalue weighted by Gasteiger charge is -2.30. The minimum atomic E-state index is -0.877. The van der Waals surface area contributed by atoms with Gasteiger partial charge in [-0.3, -0.25) is 24.3 Å². The molecule has 0 spiro atoms. The monoisotopic (exact) mass is 402 g/mol. The fourth-order valence-electron chi connectivity index (χ4n) is 4.25. The predicted octanol–water partition coefficient (Wildman–Crippen LogP) is 1.41. The lowest BCUT2D eigenvalue weighted by Crippen LogP contribution is -2.43. The second-order valence-corrected chi connectivity index (χ2v) is 8.09. The summed E-state index contributed by atoms with van der Waals surface area (Å²) in [5, 5.41) is 11.9. The number of pyridine rings is 1. The summed E-state index contributed by atoms with van der Waals surface area (Å²) in [6.07, 6.45) is 6.78. The average molecular weight is 402 g/mol. The van der Waals surface area contributed by atoms with E-state index >= 15 is 0 Å². The molecule has 2 fully saturated rings. The smallest absolute Gasteiger partial charge is 0.303 e. The highest BCUT2D eigenvalue weighted by atomic mass is 16.4. The highest BCUT2D eigenvalue weighted by molar-refractivity contribution is 5.80. The fraction of sp³-hybridized carbons (Fsp3) is 0.619. The molecule has 3 rings (SSSR count). The van der Waals surface area contributed by atoms with E-state index in [9.17, 15) is 14.4 Å². The molecule has 1 aromatic heterocycles. The molecule has 0 unspecified atom stereocenters. The van der Waals surface area contributed by atoms with E-state index in [-0.39, 0.29) is 18.2 Å². The van der Waals surface area contributed by atoms with Gasteiger partial charge in [-0.15, -0.1) is 0 Å². The number of carbonyl (C=O) groups is 3. The third-order valence-corrected chi connectivity index (χ3v) is 5.94. The summed E-state index contributed by atoms with van der Waals surface area (Å²) in [4.78, 5) is 43.9. The number of aromatic nitrogens is 1. The number of hydrogen-bond donors (Lipinski definition) is 2. The van der Waals surface area contributed by atoms with Crippen molar-refractivity contribution in [3.05, 3.63) is 30.1 Å². The summed E-state index contributed by atoms with van der Waals surface area (Å²) in [5.41, 5.74) is 0.619. The van der Waals surface area contributed by atoms with Crippen LogP contribution in [0.15, 0.2) is 24.5 Å². The van der Waals surface area contributed by atoms with Gasteiger partial charge >= 0.3 is 5.97 Å². The molecule has 2 saturated heterocycles. The largest absolute Gasteiger partial charge is 0.481 e. The standard InChI is InChI=1S/C21H30N4O4/c26-18-4-7-21(23-18,9-6-20(28)29)8-5-19(27)25-12-2-11-24(13-14-25)16-17-3-1-10-22-15-17/h1,3,10,15H,2,4-9,11-14,16H2,(H,23,26)(H,28,29)/t21-/m1/s1. The molecule has 0 bridgehead atoms. The van der Waals surface area contributed by atoms with Gasteiger partial charge in [0.2, 0.25) is 11.8 Å². The summed E-state index contributed by atoms with van der Waals surface area (Å²) < 4.78 is 0. The van der Waals surface area contributed by atoms with Crippen LogP contribution in [-0.2, 0) is 20.9 Å². The van der Waals surface area contributed by atoms with Crippen molar-refractivity contribution in [2.24, 2.45) is 0 Å². The zero-order valence-electron chi connectivity index (χ0n) is 16.8. The normalized spacial score (nSPS) is 22.9. The number of nitrogens with zero attached hydrogens (tertiary/aromatic N) is 3. The highest BCUT2D eigenvalue weighted by Gasteiger charge is 2.38. The number of amides is 2. The minimum absolute atomic E-state index is 0.00148. The molecule has 0 aliphatic carbocycles. The third kappa shape index (κ3) is 6.25. The molecule has 8 nitrogen and oxygen atoms in total. The minimum Gasteiger partial charge on any atom is -0.481 e. The van der Waals surface area contributed by atoms with Gasteiger partial charge in [0.1, 0.15) is 0 Å². The Bertz CT molecular complexity index is 727. The van der Waals surface area contributed by atoms with Crippen molar-refractivity contribution in [3.8, 4) is 0 Å². The number of nitrogens with one attached hydrogen (secondary N) is 1. The Morgan fingerprint density at radius 3 is 2.69 bits per heavy atom. The van der Waals surface area contributed by atoms with Crippen molar-refractivity contribution >= 4 is 17.8 Å². The maximum atomic E-state index is 12.8. The number of aliphatic carboxylic acids is 1. The molecule has 1 atom stereocenters. The van der Waals surface area contributed by atoms with E-state index in [2.05, 4.69) is 21.3 Å². The van der Waals surface area contributed by atoms with Crippen LogP contribution >= 0.6 is 0 Å². The van der Waals surface area contributed by atoms with Crippen LogP contribution in [0.2, 0.25) is 0 Å². The van der Waals surface area contributed by atoms with Gasteiger partial charge in [-0.05, 0) is 37.3 Å². The summed E-state index contributed by atoms with van der Waals surface area (Å²) in [6, 6.07) is 4.00. The van der Waals surface area contributed by atoms with E-state index in [0.717, 1.165) is 32.6 Å². The van der Waals surface area contributed by atoms with Crippen LogP contribution in [-0.4, -0.2) is 69.4 Å². The number of carboxylic acid groups (broad SMARTS) is 1. The van der Waals surface area contributed by atoms with Crippen molar-refractivity contribution in [3.63, 3.8) is 0 Å². The van der Waals surface area contributed by atoms with Crippen LogP contribution in [0.25, 0.3) is 0 Å². The van der Waals surface area contributed by atoms with E-state index in [1.165, 1.54) is 5.56 Å². The van der Waals surface area contributed by atoms with Gasteiger partial charge in [-0.25, -0.2) is 0 Å². The van der Waals surface area contributed by atoms with Gasteiger partial charge in [0, 0.05) is 69.9 Å². The molecule has 8 heteroatoms. The van der Waals surface area contributed by atoms with Gasteiger partial charge in [-0.2, -0.15) is 0 Å². The van der Waals surface area contributed by atoms with Crippen molar-refractivity contribution in [2.75, 3.05) is 26.2 Å². The Hall–Kier alpha value is -2.48. The Labute approximate surface area is 171 Å². The number of rotatable bonds is 8. The first-order valence-corrected chi connectivity index (χ1v) is 10.4. The van der Waals surface area contributed by atoms with Gasteiger partial charge in [0.25, 0.3) is 0 Å². The van der Waals surface area contributed by atoms with Crippen molar-refractivity contribution < 1.29 is 19.5 Å². The van der Waals surface area contributed by atoms with Gasteiger partial charge in [-0.1, -0.05) is 6.07 Å². The molecule has 29 heavy (non-hydrogen) atoms. The van der Waals surface area contributed by atoms with E-state index in [1.807, 2.05) is 17.2 Å². The van der Waals surface area contributed by atoms with Crippen LogP contribution in [0.5, 0.6) is 0 Å². The molecule has 1 aromatic rings. The molecule has 2 aliphatic rings. The topological polar surface area (TPSA) is 103 Å². The Morgan fingerprint density at radius 2 is 2.00 bits per heavy atom. The maximum absolute atomic E-state index is 12.8. The summed E-state index contributed by atoms with van der Waals surface area (Å²) >= 11 is 0. The number of carboxylic acids is 1. The summed E-state index contributed by atoms with van der Waals surface area (Å²) in [5.74, 6) is -0.842. The first kappa shape index (κ1) is 21.2. The van der Waals surface area contributed by atoms with Gasteiger partial charge in [0.15, 0.2) is 0 Å². The zero-order chi connectivity index (χ0) is 20.7. The van der Waals surface area contributed by atoms with Crippen molar-refractivity contribution in [2.45, 2.75) is 57.0 Å². The van der Waals surface area contributed by atoms with E-state index in [1.54, 1.807) is 6.20 Å². The quantitative estimate of drug-likeness (QED) is 0.682. The number of hydrogen-bond acceptors (Lipinski definition) is 5. The Kier molecular flexibility index (Phi) is 7.19.